The highest BCUT2D eigenvalue weighted by Gasteiger charge is 2.74. The number of hydrogen-bond acceptors (Lipinski definition) is 13. The molecule has 0 saturated carbocycles. The van der Waals surface area contributed by atoms with E-state index in [9.17, 15) is 19.8 Å². The average Bonchev–Trinajstić information content (AvgIpc) is 4.05. The number of carbonyl (C=O) groups is 2. The quantitative estimate of drug-likeness (QED) is 0.181. The Morgan fingerprint density at radius 1 is 0.877 bits per heavy atom. The molecule has 7 heterocycles. The van der Waals surface area contributed by atoms with Crippen LogP contribution >= 0.6 is 0 Å². The molecule has 2 aromatic rings. The van der Waals surface area contributed by atoms with Crippen LogP contribution in [0.4, 0.5) is 11.4 Å². The summed E-state index contributed by atoms with van der Waals surface area (Å²) < 4.78 is 29.4. The number of benzene rings is 2. The molecule has 11 rings (SSSR count). The third-order valence-electron chi connectivity index (χ3n) is 16.2. The van der Waals surface area contributed by atoms with Crippen molar-refractivity contribution in [2.45, 2.75) is 93.5 Å². The van der Waals surface area contributed by atoms with Crippen LogP contribution in [-0.2, 0) is 29.9 Å². The van der Waals surface area contributed by atoms with Crippen molar-refractivity contribution >= 4 is 23.3 Å². The molecule has 13 heteroatoms. The van der Waals surface area contributed by atoms with Crippen LogP contribution in [0.5, 0.6) is 23.0 Å². The number of carbonyl (C=O) groups excluding carboxylic acids is 2. The molecule has 2 spiro atoms. The molecule has 0 unspecified atom stereocenters. The summed E-state index contributed by atoms with van der Waals surface area (Å²) in [6.45, 7) is 6.75. The predicted molar refractivity (Wildman–Crippen MR) is 208 cm³/mol. The van der Waals surface area contributed by atoms with Crippen LogP contribution in [-0.4, -0.2) is 104 Å². The molecule has 2 aromatic carbocycles. The Hall–Kier alpha value is -4.72. The molecular formula is C44H50N4O9. The second-order valence-electron chi connectivity index (χ2n) is 17.6. The fourth-order valence-corrected chi connectivity index (χ4v) is 14.1. The minimum Gasteiger partial charge on any atom is -0.504 e. The van der Waals surface area contributed by atoms with E-state index < -0.39 is 34.4 Å². The number of fused-ring (bicyclic) bond motifs is 6. The number of nitrogens with one attached hydrogen (secondary N) is 2. The Balaban J connectivity index is 1.11. The molecule has 0 bridgehead atoms. The Morgan fingerprint density at radius 3 is 2.28 bits per heavy atom. The largest absolute Gasteiger partial charge is 0.504 e. The fourth-order valence-electron chi connectivity index (χ4n) is 14.1. The van der Waals surface area contributed by atoms with E-state index in [0.717, 1.165) is 54.1 Å². The zero-order valence-electron chi connectivity index (χ0n) is 33.3. The first kappa shape index (κ1) is 35.4. The Morgan fingerprint density at radius 2 is 1.58 bits per heavy atom. The van der Waals surface area contributed by atoms with Gasteiger partial charge in [0.15, 0.2) is 11.5 Å². The Kier molecular flexibility index (Phi) is 7.14. The van der Waals surface area contributed by atoms with Gasteiger partial charge in [-0.05, 0) is 61.8 Å². The van der Waals surface area contributed by atoms with Gasteiger partial charge in [-0.15, -0.1) is 0 Å². The summed E-state index contributed by atoms with van der Waals surface area (Å²) >= 11 is 0. The summed E-state index contributed by atoms with van der Waals surface area (Å²) in [4.78, 5) is 32.6. The van der Waals surface area contributed by atoms with E-state index in [1.165, 1.54) is 26.9 Å². The number of ether oxygens (including phenoxy) is 5. The van der Waals surface area contributed by atoms with Crippen molar-refractivity contribution in [1.82, 2.24) is 9.80 Å². The normalized spacial score (nSPS) is 37.1. The second kappa shape index (κ2) is 11.5. The van der Waals surface area contributed by atoms with Crippen molar-refractivity contribution in [2.24, 2.45) is 10.8 Å². The van der Waals surface area contributed by atoms with Crippen molar-refractivity contribution in [3.63, 3.8) is 0 Å². The maximum absolute atomic E-state index is 13.8. The van der Waals surface area contributed by atoms with Crippen LogP contribution < -0.4 is 24.8 Å². The van der Waals surface area contributed by atoms with Crippen LogP contribution in [0, 0.1) is 10.8 Å². The van der Waals surface area contributed by atoms with E-state index in [2.05, 4.69) is 58.6 Å². The van der Waals surface area contributed by atoms with Gasteiger partial charge in [-0.2, -0.15) is 0 Å². The Bertz CT molecular complexity index is 2300. The molecule has 2 aliphatic carbocycles. The lowest BCUT2D eigenvalue weighted by Crippen LogP contribution is -2.69. The van der Waals surface area contributed by atoms with Gasteiger partial charge in [0.1, 0.15) is 18.0 Å². The first-order valence-electron chi connectivity index (χ1n) is 20.4. The molecule has 300 valence electrons. The molecule has 57 heavy (non-hydrogen) atoms. The molecule has 3 fully saturated rings. The predicted octanol–water partition coefficient (Wildman–Crippen LogP) is 4.79. The number of piperidine rings is 1. The molecule has 4 N–H and O–H groups in total. The number of rotatable bonds is 6. The zero-order chi connectivity index (χ0) is 39.6. The summed E-state index contributed by atoms with van der Waals surface area (Å²) in [6, 6.07) is 5.76. The summed E-state index contributed by atoms with van der Waals surface area (Å²) in [5.74, 6) is 0.475. The first-order chi connectivity index (χ1) is 27.5. The van der Waals surface area contributed by atoms with Gasteiger partial charge in [0, 0.05) is 71.3 Å². The summed E-state index contributed by atoms with van der Waals surface area (Å²) in [5.41, 5.74) is 5.16. The number of anilines is 2. The number of phenolic OH excluding ortho intramolecular Hbond substituents is 1. The minimum atomic E-state index is -0.953. The van der Waals surface area contributed by atoms with Gasteiger partial charge in [-0.3, -0.25) is 9.80 Å². The Labute approximate surface area is 331 Å². The van der Waals surface area contributed by atoms with Crippen LogP contribution in [0.1, 0.15) is 75.1 Å². The molecule has 13 nitrogen and oxygen atoms in total. The maximum Gasteiger partial charge on any atom is 0.335 e. The number of esters is 2. The SMILES string of the molecule is CC[C@]12C=CCN3CC[C@@]4(C(=C(C(=O)OC)C1)Nc1cc5c(cc14)[C@@H]1[C@@H](O5)[C@H](O)[C@]4(CC)CC(C(=O)OC)=C5Nc6c(cc(O)c(OC)c6OC)[C@]56CCN1[C@H]46)[C@H]32. The minimum absolute atomic E-state index is 0.0589. The lowest BCUT2D eigenvalue weighted by Gasteiger charge is -2.60. The summed E-state index contributed by atoms with van der Waals surface area (Å²) in [6.07, 6.45) is 6.91. The van der Waals surface area contributed by atoms with Gasteiger partial charge in [0.25, 0.3) is 0 Å². The van der Waals surface area contributed by atoms with Crippen LogP contribution in [0.3, 0.4) is 0 Å². The number of phenols is 1. The van der Waals surface area contributed by atoms with Crippen LogP contribution in [0.2, 0.25) is 0 Å². The highest BCUT2D eigenvalue weighted by Crippen LogP contribution is 2.72. The number of aliphatic hydroxyl groups excluding tert-OH is 1. The fraction of sp³-hybridized carbons (Fsp3) is 0.545. The van der Waals surface area contributed by atoms with E-state index >= 15 is 0 Å². The number of nitrogens with zero attached hydrogens (tertiary/aromatic N) is 2. The number of methoxy groups -OCH3 is 4. The van der Waals surface area contributed by atoms with Gasteiger partial charge in [-0.25, -0.2) is 9.59 Å². The first-order valence-corrected chi connectivity index (χ1v) is 20.4. The molecule has 9 atom stereocenters. The molecule has 7 aliphatic heterocycles. The third-order valence-corrected chi connectivity index (χ3v) is 16.2. The van der Waals surface area contributed by atoms with E-state index in [4.69, 9.17) is 23.7 Å². The van der Waals surface area contributed by atoms with Crippen molar-refractivity contribution < 1.29 is 43.5 Å². The second-order valence-corrected chi connectivity index (χ2v) is 17.6. The highest BCUT2D eigenvalue weighted by molar-refractivity contribution is 5.95. The third kappa shape index (κ3) is 3.83. The van der Waals surface area contributed by atoms with Crippen LogP contribution in [0.15, 0.2) is 52.9 Å². The van der Waals surface area contributed by atoms with Gasteiger partial charge in [-0.1, -0.05) is 26.0 Å². The maximum atomic E-state index is 13.8. The lowest BCUT2D eigenvalue weighted by atomic mass is 9.51. The summed E-state index contributed by atoms with van der Waals surface area (Å²) in [7, 11) is 5.89. The van der Waals surface area contributed by atoms with Crippen molar-refractivity contribution in [1.29, 1.82) is 0 Å². The number of hydrogen-bond donors (Lipinski definition) is 4. The standard InChI is InChI=1S/C44H50N4O9/c1-7-41-10-9-13-47-14-11-43(39(41)47)24-16-21-28(18-26(24)45-34(43)22(19-41)37(51)55-5)57-33-30(21)48-15-12-44-25-17-27(49)31(53-3)32(54-4)29(25)46-35(44)23(38(52)56-6)20-42(8-2,36(33)50)40(44)48/h9-10,16-18,30,33,36,39-40,45-46,49-50H,7-8,11-15,19-20H2,1-6H3/t30-,33-,36+,39-,40-,41+,42+,43-,44-/m1/s1. The molecule has 0 aromatic heterocycles. The lowest BCUT2D eigenvalue weighted by molar-refractivity contribution is -0.168. The van der Waals surface area contributed by atoms with Gasteiger partial charge in [0.2, 0.25) is 5.75 Å². The molecule has 9 aliphatic rings. The highest BCUT2D eigenvalue weighted by atomic mass is 16.5. The molecule has 3 saturated heterocycles. The van der Waals surface area contributed by atoms with E-state index in [1.54, 1.807) is 13.2 Å². The number of aliphatic hydroxyl groups is 1. The summed E-state index contributed by atoms with van der Waals surface area (Å²) in [5, 5.41) is 31.7. The zero-order valence-corrected chi connectivity index (χ0v) is 33.3. The van der Waals surface area contributed by atoms with Crippen molar-refractivity contribution in [3.05, 3.63) is 69.6 Å². The molecular weight excluding hydrogens is 729 g/mol. The topological polar surface area (TPSA) is 151 Å². The van der Waals surface area contributed by atoms with E-state index in [1.807, 2.05) is 0 Å². The smallest absolute Gasteiger partial charge is 0.335 e. The number of aromatic hydroxyl groups is 1. The van der Waals surface area contributed by atoms with E-state index in [0.29, 0.717) is 54.1 Å². The monoisotopic (exact) mass is 778 g/mol. The van der Waals surface area contributed by atoms with Crippen LogP contribution in [0.25, 0.3) is 0 Å². The van der Waals surface area contributed by atoms with E-state index in [-0.39, 0.29) is 47.4 Å². The average molecular weight is 779 g/mol. The van der Waals surface area contributed by atoms with Gasteiger partial charge in [0.05, 0.1) is 62.1 Å². The van der Waals surface area contributed by atoms with Gasteiger partial charge < -0.3 is 44.5 Å². The van der Waals surface area contributed by atoms with Gasteiger partial charge >= 0.3 is 11.9 Å². The molecule has 0 amide bonds. The van der Waals surface area contributed by atoms with Crippen molar-refractivity contribution in [2.75, 3.05) is 58.7 Å². The molecule has 0 radical (unpaired) electrons. The van der Waals surface area contributed by atoms with Crippen molar-refractivity contribution in [3.8, 4) is 23.0 Å².